The normalized spacial score (nSPS) is 20.5. The average Bonchev–Trinajstić information content (AvgIpc) is 3.25. The number of hydrogen-bond donors (Lipinski definition) is 1. The van der Waals surface area contributed by atoms with Gasteiger partial charge in [0.15, 0.2) is 5.41 Å². The Kier molecular flexibility index (Phi) is 4.55. The highest BCUT2D eigenvalue weighted by Gasteiger charge is 2.64. The third-order valence-corrected chi connectivity index (χ3v) is 5.24. The molecule has 0 aromatic carbocycles. The van der Waals surface area contributed by atoms with E-state index in [1.807, 2.05) is 10.8 Å². The molecule has 1 aliphatic rings. The fourth-order valence-corrected chi connectivity index (χ4v) is 3.54. The SMILES string of the molecule is Cc1oc(-c2ccsc2)nc1CC(=O)N1CCC(C(=O)O)(C(F)(F)F)C1. The number of aliphatic carboxylic acids is 1. The minimum Gasteiger partial charge on any atom is -0.481 e. The number of oxazole rings is 1. The minimum absolute atomic E-state index is 0.243. The topological polar surface area (TPSA) is 83.6 Å². The van der Waals surface area contributed by atoms with Crippen molar-refractivity contribution in [2.45, 2.75) is 25.9 Å². The number of likely N-dealkylation sites (tertiary alicyclic amines) is 1. The van der Waals surface area contributed by atoms with Crippen molar-refractivity contribution >= 4 is 23.2 Å². The Balaban J connectivity index is 1.75. The summed E-state index contributed by atoms with van der Waals surface area (Å²) in [5.41, 5.74) is -1.83. The number of carbonyl (C=O) groups excluding carboxylic acids is 1. The van der Waals surface area contributed by atoms with E-state index in [4.69, 9.17) is 9.52 Å². The quantitative estimate of drug-likeness (QED) is 0.870. The molecule has 3 rings (SSSR count). The molecule has 1 atom stereocenters. The summed E-state index contributed by atoms with van der Waals surface area (Å²) in [5.74, 6) is -1.83. The second-order valence-corrected chi connectivity index (χ2v) is 6.94. The third kappa shape index (κ3) is 3.09. The van der Waals surface area contributed by atoms with Crippen LogP contribution in [0, 0.1) is 12.3 Å². The van der Waals surface area contributed by atoms with E-state index in [2.05, 4.69) is 4.98 Å². The summed E-state index contributed by atoms with van der Waals surface area (Å²) in [6.07, 6.45) is -5.83. The van der Waals surface area contributed by atoms with Crippen LogP contribution in [0.4, 0.5) is 13.2 Å². The van der Waals surface area contributed by atoms with Gasteiger partial charge >= 0.3 is 12.1 Å². The monoisotopic (exact) mass is 388 g/mol. The van der Waals surface area contributed by atoms with Crippen LogP contribution in [0.1, 0.15) is 17.9 Å². The first-order valence-corrected chi connectivity index (χ1v) is 8.65. The van der Waals surface area contributed by atoms with Crippen molar-refractivity contribution in [1.82, 2.24) is 9.88 Å². The van der Waals surface area contributed by atoms with E-state index in [1.165, 1.54) is 11.3 Å². The van der Waals surface area contributed by atoms with Crippen LogP contribution in [-0.4, -0.2) is 46.1 Å². The van der Waals surface area contributed by atoms with Crippen LogP contribution in [0.2, 0.25) is 0 Å². The van der Waals surface area contributed by atoms with E-state index in [1.54, 1.807) is 13.0 Å². The van der Waals surface area contributed by atoms with Crippen molar-refractivity contribution in [2.24, 2.45) is 5.41 Å². The molecule has 0 saturated carbocycles. The first-order valence-electron chi connectivity index (χ1n) is 7.71. The lowest BCUT2D eigenvalue weighted by molar-refractivity contribution is -0.227. The molecule has 6 nitrogen and oxygen atoms in total. The lowest BCUT2D eigenvalue weighted by Gasteiger charge is -2.27. The molecule has 1 aliphatic heterocycles. The van der Waals surface area contributed by atoms with Gasteiger partial charge in [0.05, 0.1) is 12.1 Å². The first kappa shape index (κ1) is 18.4. The highest BCUT2D eigenvalue weighted by molar-refractivity contribution is 7.08. The molecule has 0 spiro atoms. The van der Waals surface area contributed by atoms with Gasteiger partial charge in [-0.3, -0.25) is 9.59 Å². The zero-order valence-corrected chi connectivity index (χ0v) is 14.5. The Morgan fingerprint density at radius 1 is 1.46 bits per heavy atom. The predicted octanol–water partition coefficient (Wildman–Crippen LogP) is 3.12. The summed E-state index contributed by atoms with van der Waals surface area (Å²) in [6.45, 7) is 0.463. The lowest BCUT2D eigenvalue weighted by atomic mass is 9.86. The van der Waals surface area contributed by atoms with Crippen LogP contribution in [0.15, 0.2) is 21.2 Å². The molecule has 2 aromatic heterocycles. The number of carboxylic acid groups (broad SMARTS) is 1. The maximum Gasteiger partial charge on any atom is 0.406 e. The largest absolute Gasteiger partial charge is 0.481 e. The molecule has 1 unspecified atom stereocenters. The van der Waals surface area contributed by atoms with Crippen LogP contribution in [0.25, 0.3) is 11.5 Å². The predicted molar refractivity (Wildman–Crippen MR) is 85.6 cm³/mol. The number of amides is 1. The summed E-state index contributed by atoms with van der Waals surface area (Å²) in [7, 11) is 0. The van der Waals surface area contributed by atoms with Crippen molar-refractivity contribution in [3.05, 3.63) is 28.3 Å². The van der Waals surface area contributed by atoms with Crippen molar-refractivity contribution in [2.75, 3.05) is 13.1 Å². The van der Waals surface area contributed by atoms with Gasteiger partial charge in [-0.25, -0.2) is 4.98 Å². The molecule has 1 amide bonds. The van der Waals surface area contributed by atoms with E-state index in [-0.39, 0.29) is 13.0 Å². The highest BCUT2D eigenvalue weighted by Crippen LogP contribution is 2.45. The molecule has 26 heavy (non-hydrogen) atoms. The number of aryl methyl sites for hydroxylation is 1. The van der Waals surface area contributed by atoms with Gasteiger partial charge in [0.1, 0.15) is 5.76 Å². The number of carbonyl (C=O) groups is 2. The Morgan fingerprint density at radius 2 is 2.19 bits per heavy atom. The molecule has 0 bridgehead atoms. The molecule has 2 aromatic rings. The van der Waals surface area contributed by atoms with Gasteiger partial charge in [-0.2, -0.15) is 24.5 Å². The maximum atomic E-state index is 13.2. The Hall–Kier alpha value is -2.36. The van der Waals surface area contributed by atoms with Crippen molar-refractivity contribution in [3.63, 3.8) is 0 Å². The molecule has 0 aliphatic carbocycles. The number of carboxylic acids is 1. The van der Waals surface area contributed by atoms with Crippen LogP contribution in [-0.2, 0) is 16.0 Å². The molecule has 1 saturated heterocycles. The standard InChI is InChI=1S/C16H15F3N2O4S/c1-9-11(20-13(25-9)10-2-5-26-7-10)6-12(22)21-4-3-15(8-21,14(23)24)16(17,18)19/h2,5,7H,3-4,6,8H2,1H3,(H,23,24). The number of halogens is 3. The molecule has 1 N–H and O–H groups in total. The molecule has 140 valence electrons. The molecular formula is C16H15F3N2O4S. The van der Waals surface area contributed by atoms with Gasteiger partial charge in [0.25, 0.3) is 0 Å². The van der Waals surface area contributed by atoms with Crippen molar-refractivity contribution in [1.29, 1.82) is 0 Å². The number of thiophene rings is 1. The Labute approximate surface area is 150 Å². The molecule has 0 radical (unpaired) electrons. The van der Waals surface area contributed by atoms with Gasteiger partial charge in [-0.05, 0) is 24.8 Å². The van der Waals surface area contributed by atoms with E-state index >= 15 is 0 Å². The summed E-state index contributed by atoms with van der Waals surface area (Å²) >= 11 is 1.45. The number of rotatable bonds is 4. The van der Waals surface area contributed by atoms with E-state index in [0.29, 0.717) is 17.3 Å². The van der Waals surface area contributed by atoms with Crippen LogP contribution < -0.4 is 0 Å². The number of nitrogens with zero attached hydrogens (tertiary/aromatic N) is 2. The summed E-state index contributed by atoms with van der Waals surface area (Å²) in [6, 6.07) is 1.80. The molecule has 10 heteroatoms. The van der Waals surface area contributed by atoms with Crippen LogP contribution in [0.3, 0.4) is 0 Å². The van der Waals surface area contributed by atoms with E-state index < -0.39 is 36.4 Å². The smallest absolute Gasteiger partial charge is 0.406 e. The molecule has 3 heterocycles. The molecular weight excluding hydrogens is 373 g/mol. The summed E-state index contributed by atoms with van der Waals surface area (Å²) in [5, 5.41) is 12.7. The van der Waals surface area contributed by atoms with E-state index in [0.717, 1.165) is 10.5 Å². The van der Waals surface area contributed by atoms with Gasteiger partial charge < -0.3 is 14.4 Å². The van der Waals surface area contributed by atoms with Crippen molar-refractivity contribution < 1.29 is 32.3 Å². The van der Waals surface area contributed by atoms with Gasteiger partial charge in [-0.15, -0.1) is 0 Å². The van der Waals surface area contributed by atoms with Gasteiger partial charge in [-0.1, -0.05) is 0 Å². The van der Waals surface area contributed by atoms with Gasteiger partial charge in [0, 0.05) is 24.0 Å². The second kappa shape index (κ2) is 6.42. The van der Waals surface area contributed by atoms with Crippen molar-refractivity contribution in [3.8, 4) is 11.5 Å². The Bertz CT molecular complexity index is 831. The summed E-state index contributed by atoms with van der Waals surface area (Å²) < 4.78 is 45.1. The molecule has 1 fully saturated rings. The minimum atomic E-state index is -4.93. The first-order chi connectivity index (χ1) is 12.1. The maximum absolute atomic E-state index is 13.2. The lowest BCUT2D eigenvalue weighted by Crippen LogP contribution is -2.47. The second-order valence-electron chi connectivity index (χ2n) is 6.16. The highest BCUT2D eigenvalue weighted by atomic mass is 32.1. The number of aromatic nitrogens is 1. The van der Waals surface area contributed by atoms with Gasteiger partial charge in [0.2, 0.25) is 11.8 Å². The Morgan fingerprint density at radius 3 is 2.73 bits per heavy atom. The number of hydrogen-bond acceptors (Lipinski definition) is 5. The fourth-order valence-electron chi connectivity index (χ4n) is 2.91. The summed E-state index contributed by atoms with van der Waals surface area (Å²) in [4.78, 5) is 28.8. The van der Waals surface area contributed by atoms with Crippen LogP contribution >= 0.6 is 11.3 Å². The van der Waals surface area contributed by atoms with Crippen LogP contribution in [0.5, 0.6) is 0 Å². The zero-order valence-electron chi connectivity index (χ0n) is 13.7. The third-order valence-electron chi connectivity index (χ3n) is 4.55. The zero-order chi connectivity index (χ0) is 19.1. The van der Waals surface area contributed by atoms with E-state index in [9.17, 15) is 22.8 Å². The fraction of sp³-hybridized carbons (Fsp3) is 0.438. The number of alkyl halides is 3. The average molecular weight is 388 g/mol.